The van der Waals surface area contributed by atoms with E-state index in [0.717, 1.165) is 55.2 Å². The fourth-order valence-electron chi connectivity index (χ4n) is 5.45. The molecule has 0 aliphatic carbocycles. The zero-order valence-corrected chi connectivity index (χ0v) is 20.6. The maximum atomic E-state index is 12.8. The number of fused-ring (bicyclic) bond motifs is 1. The van der Waals surface area contributed by atoms with Crippen LogP contribution in [-0.2, 0) is 17.9 Å². The van der Waals surface area contributed by atoms with Gasteiger partial charge >= 0.3 is 0 Å². The molecule has 1 amide bonds. The van der Waals surface area contributed by atoms with E-state index in [-0.39, 0.29) is 17.6 Å². The summed E-state index contributed by atoms with van der Waals surface area (Å²) < 4.78 is 0. The average molecular weight is 473 g/mol. The van der Waals surface area contributed by atoms with E-state index in [1.165, 1.54) is 31.5 Å². The highest BCUT2D eigenvalue weighted by Gasteiger charge is 2.25. The fraction of sp³-hybridized carbons (Fsp3) is 0.448. The number of para-hydroxylation sites is 1. The summed E-state index contributed by atoms with van der Waals surface area (Å²) in [4.78, 5) is 22.2. The summed E-state index contributed by atoms with van der Waals surface area (Å²) in [7, 11) is 0. The van der Waals surface area contributed by atoms with Crippen LogP contribution < -0.4 is 10.2 Å². The number of aromatic hydroxyl groups is 1. The number of carbonyl (C=O) groups excluding carboxylic acids is 1. The van der Waals surface area contributed by atoms with Gasteiger partial charge in [-0.05, 0) is 67.5 Å². The van der Waals surface area contributed by atoms with E-state index >= 15 is 0 Å². The van der Waals surface area contributed by atoms with Gasteiger partial charge in [0.15, 0.2) is 0 Å². The second-order valence-corrected chi connectivity index (χ2v) is 10.3. The molecule has 6 heteroatoms. The van der Waals surface area contributed by atoms with Crippen molar-refractivity contribution < 1.29 is 9.90 Å². The van der Waals surface area contributed by atoms with E-state index in [1.54, 1.807) is 6.07 Å². The van der Waals surface area contributed by atoms with Crippen molar-refractivity contribution in [3.05, 3.63) is 65.7 Å². The molecule has 2 saturated heterocycles. The van der Waals surface area contributed by atoms with Gasteiger partial charge in [-0.3, -0.25) is 9.69 Å². The predicted octanol–water partition coefficient (Wildman–Crippen LogP) is 4.71. The van der Waals surface area contributed by atoms with Crippen molar-refractivity contribution in [2.75, 3.05) is 31.1 Å². The molecule has 184 valence electrons. The van der Waals surface area contributed by atoms with Crippen molar-refractivity contribution in [3.8, 4) is 5.75 Å². The summed E-state index contributed by atoms with van der Waals surface area (Å²) >= 11 is 0. The van der Waals surface area contributed by atoms with Crippen LogP contribution in [0.15, 0.2) is 54.6 Å². The van der Waals surface area contributed by atoms with Gasteiger partial charge in [0, 0.05) is 44.0 Å². The number of likely N-dealkylation sites (tertiary alicyclic amines) is 1. The van der Waals surface area contributed by atoms with E-state index in [0.29, 0.717) is 12.1 Å². The molecule has 2 fully saturated rings. The number of hydrogen-bond acceptors (Lipinski definition) is 5. The van der Waals surface area contributed by atoms with Crippen molar-refractivity contribution >= 4 is 22.6 Å². The van der Waals surface area contributed by atoms with E-state index in [9.17, 15) is 9.90 Å². The summed E-state index contributed by atoms with van der Waals surface area (Å²) in [5.41, 5.74) is 3.12. The molecule has 0 radical (unpaired) electrons. The van der Waals surface area contributed by atoms with Crippen LogP contribution in [0.3, 0.4) is 0 Å². The smallest absolute Gasteiger partial charge is 0.223 e. The molecule has 6 nitrogen and oxygen atoms in total. The summed E-state index contributed by atoms with van der Waals surface area (Å²) in [5.74, 6) is 2.02. The lowest BCUT2D eigenvalue weighted by molar-refractivity contribution is -0.125. The van der Waals surface area contributed by atoms with Gasteiger partial charge in [0.25, 0.3) is 0 Å². The third-order valence-corrected chi connectivity index (χ3v) is 7.51. The van der Waals surface area contributed by atoms with Gasteiger partial charge in [0.05, 0.1) is 0 Å². The topological polar surface area (TPSA) is 68.7 Å². The van der Waals surface area contributed by atoms with Crippen LogP contribution >= 0.6 is 0 Å². The number of carbonyl (C=O) groups is 1. The van der Waals surface area contributed by atoms with Gasteiger partial charge in [-0.15, -0.1) is 0 Å². The van der Waals surface area contributed by atoms with Gasteiger partial charge in [0.2, 0.25) is 5.91 Å². The molecule has 0 spiro atoms. The Balaban J connectivity index is 1.09. The third-order valence-electron chi connectivity index (χ3n) is 7.51. The Morgan fingerprint density at radius 3 is 2.54 bits per heavy atom. The molecular weight excluding hydrogens is 436 g/mol. The lowest BCUT2D eigenvalue weighted by Gasteiger charge is -2.32. The van der Waals surface area contributed by atoms with Crippen LogP contribution in [0.5, 0.6) is 5.75 Å². The minimum atomic E-state index is 0.0282. The lowest BCUT2D eigenvalue weighted by Crippen LogP contribution is -2.40. The van der Waals surface area contributed by atoms with Gasteiger partial charge in [-0.1, -0.05) is 43.3 Å². The monoisotopic (exact) mass is 472 g/mol. The van der Waals surface area contributed by atoms with Crippen LogP contribution in [0.1, 0.15) is 43.7 Å². The van der Waals surface area contributed by atoms with Crippen LogP contribution in [0.2, 0.25) is 0 Å². The highest BCUT2D eigenvalue weighted by atomic mass is 16.3. The molecule has 1 atom stereocenters. The Morgan fingerprint density at radius 2 is 1.77 bits per heavy atom. The zero-order chi connectivity index (χ0) is 24.2. The molecule has 3 heterocycles. The molecule has 2 N–H and O–H groups in total. The summed E-state index contributed by atoms with van der Waals surface area (Å²) in [5, 5.41) is 14.2. The van der Waals surface area contributed by atoms with Crippen molar-refractivity contribution in [2.45, 2.75) is 45.7 Å². The minimum absolute atomic E-state index is 0.0282. The number of amides is 1. The molecule has 35 heavy (non-hydrogen) atoms. The summed E-state index contributed by atoms with van der Waals surface area (Å²) in [6.45, 7) is 7.89. The van der Waals surface area contributed by atoms with Gasteiger partial charge in [-0.2, -0.15) is 0 Å². The molecule has 0 saturated carbocycles. The second-order valence-electron chi connectivity index (χ2n) is 10.3. The standard InChI is InChI=1S/C29H36N4O2/c1-21-4-3-15-32(19-21)20-23-9-7-22(8-10-23)18-30-29(35)25-13-16-33(17-14-25)27-12-11-24-5-2-6-26(34)28(24)31-27/h2,5-12,21,25,34H,3-4,13-20H2,1H3,(H,30,35). The van der Waals surface area contributed by atoms with Crippen molar-refractivity contribution in [3.63, 3.8) is 0 Å². The van der Waals surface area contributed by atoms with E-state index in [4.69, 9.17) is 0 Å². The molecule has 2 aliphatic rings. The first-order valence-electron chi connectivity index (χ1n) is 13.0. The largest absolute Gasteiger partial charge is 0.506 e. The van der Waals surface area contributed by atoms with Gasteiger partial charge in [-0.25, -0.2) is 4.98 Å². The molecule has 3 aromatic rings. The second kappa shape index (κ2) is 10.6. The molecular formula is C29H36N4O2. The highest BCUT2D eigenvalue weighted by molar-refractivity contribution is 5.85. The molecule has 2 aromatic carbocycles. The number of phenolic OH excluding ortho intramolecular Hbond substituents is 1. The third kappa shape index (κ3) is 5.76. The molecule has 1 aromatic heterocycles. The predicted molar refractivity (Wildman–Crippen MR) is 140 cm³/mol. The molecule has 2 aliphatic heterocycles. The van der Waals surface area contributed by atoms with Crippen LogP contribution in [0, 0.1) is 11.8 Å². The Morgan fingerprint density at radius 1 is 1.00 bits per heavy atom. The normalized spacial score (nSPS) is 19.7. The number of nitrogens with zero attached hydrogens (tertiary/aromatic N) is 3. The number of phenols is 1. The van der Waals surface area contributed by atoms with Gasteiger partial charge in [0.1, 0.15) is 17.1 Å². The number of rotatable bonds is 6. The number of pyridine rings is 1. The van der Waals surface area contributed by atoms with E-state index < -0.39 is 0 Å². The first-order valence-corrected chi connectivity index (χ1v) is 13.0. The van der Waals surface area contributed by atoms with Crippen molar-refractivity contribution in [1.82, 2.24) is 15.2 Å². The lowest BCUT2D eigenvalue weighted by atomic mass is 9.95. The SMILES string of the molecule is CC1CCCN(Cc2ccc(CNC(=O)C3CCN(c4ccc5cccc(O)c5n4)CC3)cc2)C1. The Bertz CT molecular complexity index is 1160. The highest BCUT2D eigenvalue weighted by Crippen LogP contribution is 2.28. The Labute approximate surface area is 208 Å². The first kappa shape index (κ1) is 23.6. The van der Waals surface area contributed by atoms with Crippen LogP contribution in [0.25, 0.3) is 10.9 Å². The average Bonchev–Trinajstić information content (AvgIpc) is 2.88. The van der Waals surface area contributed by atoms with E-state index in [1.807, 2.05) is 24.3 Å². The number of aromatic nitrogens is 1. The van der Waals surface area contributed by atoms with Crippen LogP contribution in [-0.4, -0.2) is 47.1 Å². The molecule has 0 bridgehead atoms. The minimum Gasteiger partial charge on any atom is -0.506 e. The summed E-state index contributed by atoms with van der Waals surface area (Å²) in [6, 6.07) is 18.1. The number of benzene rings is 2. The molecule has 1 unspecified atom stereocenters. The number of piperidine rings is 2. The maximum absolute atomic E-state index is 12.8. The number of anilines is 1. The van der Waals surface area contributed by atoms with Gasteiger partial charge < -0.3 is 15.3 Å². The van der Waals surface area contributed by atoms with Crippen molar-refractivity contribution in [2.24, 2.45) is 11.8 Å². The quantitative estimate of drug-likeness (QED) is 0.544. The fourth-order valence-corrected chi connectivity index (χ4v) is 5.45. The zero-order valence-electron chi connectivity index (χ0n) is 20.6. The number of hydrogen-bond donors (Lipinski definition) is 2. The summed E-state index contributed by atoms with van der Waals surface area (Å²) in [6.07, 6.45) is 4.25. The Hall–Kier alpha value is -3.12. The molecule has 5 rings (SSSR count). The van der Waals surface area contributed by atoms with Crippen LogP contribution in [0.4, 0.5) is 5.82 Å². The number of nitrogens with one attached hydrogen (secondary N) is 1. The first-order chi connectivity index (χ1) is 17.0. The Kier molecular flexibility index (Phi) is 7.19. The maximum Gasteiger partial charge on any atom is 0.223 e. The van der Waals surface area contributed by atoms with E-state index in [2.05, 4.69) is 51.3 Å². The van der Waals surface area contributed by atoms with Crippen molar-refractivity contribution in [1.29, 1.82) is 0 Å².